The summed E-state index contributed by atoms with van der Waals surface area (Å²) in [6.45, 7) is 8.88. The Morgan fingerprint density at radius 2 is 1.92 bits per heavy atom. The largest absolute Gasteiger partial charge is 0.378 e. The summed E-state index contributed by atoms with van der Waals surface area (Å²) in [6.07, 6.45) is 10.3. The Balaban J connectivity index is 1.20. The van der Waals surface area contributed by atoms with E-state index < -0.39 is 0 Å². The van der Waals surface area contributed by atoms with Gasteiger partial charge in [0.15, 0.2) is 0 Å². The molecule has 0 radical (unpaired) electrons. The number of hydrogen-bond acceptors (Lipinski definition) is 7. The van der Waals surface area contributed by atoms with Gasteiger partial charge in [-0.15, -0.1) is 0 Å². The van der Waals surface area contributed by atoms with Crippen LogP contribution in [0.2, 0.25) is 0 Å². The lowest BCUT2D eigenvalue weighted by Gasteiger charge is -2.59. The first-order valence-corrected chi connectivity index (χ1v) is 13.7. The zero-order valence-corrected chi connectivity index (χ0v) is 22.4. The molecule has 0 amide bonds. The molecule has 3 aliphatic carbocycles. The summed E-state index contributed by atoms with van der Waals surface area (Å²) >= 11 is 0. The van der Waals surface area contributed by atoms with E-state index in [0.29, 0.717) is 17.0 Å². The van der Waals surface area contributed by atoms with Crippen LogP contribution in [0.1, 0.15) is 66.7 Å². The van der Waals surface area contributed by atoms with Gasteiger partial charge in [0.05, 0.1) is 36.2 Å². The Morgan fingerprint density at radius 1 is 1.19 bits per heavy atom. The highest BCUT2D eigenvalue weighted by Crippen LogP contribution is 2.55. The van der Waals surface area contributed by atoms with Crippen LogP contribution in [0, 0.1) is 24.7 Å². The molecular formula is C28H41N7O. The second-order valence-corrected chi connectivity index (χ2v) is 11.8. The number of fused-ring (bicyclic) bond motifs is 4. The van der Waals surface area contributed by atoms with Gasteiger partial charge < -0.3 is 20.4 Å². The van der Waals surface area contributed by atoms with Gasteiger partial charge >= 0.3 is 0 Å². The summed E-state index contributed by atoms with van der Waals surface area (Å²) in [5, 5.41) is 16.3. The first-order valence-electron chi connectivity index (χ1n) is 13.7. The number of hydrogen-bond donors (Lipinski definition) is 2. The minimum atomic E-state index is 0.400. The summed E-state index contributed by atoms with van der Waals surface area (Å²) in [4.78, 5) is 9.67. The maximum Gasteiger partial charge on any atom is 0.136 e. The summed E-state index contributed by atoms with van der Waals surface area (Å²) < 4.78 is 7.88. The van der Waals surface area contributed by atoms with E-state index in [0.717, 1.165) is 67.7 Å². The lowest BCUT2D eigenvalue weighted by Crippen LogP contribution is -2.62. The molecule has 0 aromatic carbocycles. The van der Waals surface area contributed by atoms with Gasteiger partial charge in [-0.3, -0.25) is 9.58 Å². The fraction of sp³-hybridized carbons (Fsp3) is 0.679. The van der Waals surface area contributed by atoms with Gasteiger partial charge in [0.1, 0.15) is 5.82 Å². The molecule has 7 rings (SSSR count). The molecule has 3 saturated carbocycles. The lowest BCUT2D eigenvalue weighted by molar-refractivity contribution is -0.133. The summed E-state index contributed by atoms with van der Waals surface area (Å²) in [5.41, 5.74) is 7.69. The molecule has 0 atom stereocenters. The van der Waals surface area contributed by atoms with Gasteiger partial charge in [-0.2, -0.15) is 5.10 Å². The van der Waals surface area contributed by atoms with E-state index in [1.807, 2.05) is 14.0 Å². The number of nitrogens with one attached hydrogen (secondary N) is 2. The number of nitrogens with zero attached hydrogens (tertiary/aromatic N) is 5. The van der Waals surface area contributed by atoms with Gasteiger partial charge in [-0.05, 0) is 70.9 Å². The molecule has 4 heterocycles. The Labute approximate surface area is 214 Å². The number of likely N-dealkylation sites (N-methyl/N-ethyl adjacent to an activating group) is 1. The van der Waals surface area contributed by atoms with Gasteiger partial charge in [0.25, 0.3) is 0 Å². The van der Waals surface area contributed by atoms with Gasteiger partial charge in [-0.1, -0.05) is 0 Å². The van der Waals surface area contributed by atoms with Crippen molar-refractivity contribution in [1.29, 1.82) is 5.41 Å². The predicted octanol–water partition coefficient (Wildman–Crippen LogP) is 3.92. The molecule has 2 N–H and O–H groups in total. The van der Waals surface area contributed by atoms with Crippen LogP contribution in [0.3, 0.4) is 0 Å². The highest BCUT2D eigenvalue weighted by atomic mass is 16.5. The molecule has 2 aliphatic heterocycles. The quantitative estimate of drug-likeness (QED) is 0.572. The van der Waals surface area contributed by atoms with Crippen LogP contribution in [-0.2, 0) is 24.2 Å². The molecule has 4 fully saturated rings. The number of aryl methyl sites for hydroxylation is 2. The van der Waals surface area contributed by atoms with Crippen molar-refractivity contribution in [3.63, 3.8) is 0 Å². The first-order chi connectivity index (χ1) is 17.4. The predicted molar refractivity (Wildman–Crippen MR) is 143 cm³/mol. The number of pyridine rings is 1. The van der Waals surface area contributed by atoms with E-state index in [1.165, 1.54) is 56.0 Å². The highest BCUT2D eigenvalue weighted by molar-refractivity contribution is 5.92. The van der Waals surface area contributed by atoms with E-state index in [1.54, 1.807) is 0 Å². The molecule has 8 nitrogen and oxygen atoms in total. The van der Waals surface area contributed by atoms with Gasteiger partial charge in [0.2, 0.25) is 0 Å². The fourth-order valence-corrected chi connectivity index (χ4v) is 7.42. The van der Waals surface area contributed by atoms with E-state index in [9.17, 15) is 0 Å². The molecule has 194 valence electrons. The van der Waals surface area contributed by atoms with E-state index >= 15 is 0 Å². The normalized spacial score (nSPS) is 27.8. The van der Waals surface area contributed by atoms with Crippen molar-refractivity contribution in [2.24, 2.45) is 5.41 Å². The molecule has 36 heavy (non-hydrogen) atoms. The third-order valence-electron chi connectivity index (χ3n) is 9.99. The van der Waals surface area contributed by atoms with Crippen LogP contribution >= 0.6 is 0 Å². The smallest absolute Gasteiger partial charge is 0.136 e. The van der Waals surface area contributed by atoms with E-state index in [-0.39, 0.29) is 0 Å². The summed E-state index contributed by atoms with van der Waals surface area (Å²) in [6, 6.07) is 2.74. The van der Waals surface area contributed by atoms with Crippen LogP contribution in [0.25, 0.3) is 0 Å². The maximum atomic E-state index is 8.02. The fourth-order valence-electron chi connectivity index (χ4n) is 7.42. The van der Waals surface area contributed by atoms with Crippen LogP contribution < -0.4 is 10.2 Å². The maximum absolute atomic E-state index is 8.02. The Kier molecular flexibility index (Phi) is 5.87. The molecule has 2 bridgehead atoms. The number of rotatable bonds is 7. The van der Waals surface area contributed by atoms with Crippen molar-refractivity contribution in [3.8, 4) is 0 Å². The average molecular weight is 492 g/mol. The number of anilines is 2. The Hall–Kier alpha value is -2.45. The van der Waals surface area contributed by atoms with E-state index in [2.05, 4.69) is 44.8 Å². The minimum absolute atomic E-state index is 0.400. The highest BCUT2D eigenvalue weighted by Gasteiger charge is 2.52. The topological polar surface area (TPSA) is 82.3 Å². The lowest BCUT2D eigenvalue weighted by atomic mass is 9.56. The van der Waals surface area contributed by atoms with Crippen molar-refractivity contribution in [3.05, 3.63) is 34.3 Å². The second-order valence-electron chi connectivity index (χ2n) is 11.8. The molecule has 1 saturated heterocycles. The van der Waals surface area contributed by atoms with Crippen LogP contribution in [-0.4, -0.2) is 71.3 Å². The first kappa shape index (κ1) is 23.9. The molecule has 5 aliphatic rings. The van der Waals surface area contributed by atoms with Crippen molar-refractivity contribution >= 4 is 17.7 Å². The van der Waals surface area contributed by atoms with Crippen LogP contribution in [0.15, 0.2) is 6.07 Å². The van der Waals surface area contributed by atoms with Gasteiger partial charge in [0, 0.05) is 61.8 Å². The number of aromatic nitrogens is 3. The minimum Gasteiger partial charge on any atom is -0.378 e. The van der Waals surface area contributed by atoms with E-state index in [4.69, 9.17) is 15.2 Å². The van der Waals surface area contributed by atoms with Gasteiger partial charge in [-0.25, -0.2) is 4.98 Å². The SMILES string of the molecule is CNc1nc(C)cc(N2CCc3c(c(C)nn3CC34CCC(N(C)C5COC5)(CC3)CC4)C2)c1C=N. The zero-order chi connectivity index (χ0) is 25.1. The number of ether oxygens (including phenoxy) is 1. The third-order valence-corrected chi connectivity index (χ3v) is 9.99. The van der Waals surface area contributed by atoms with Crippen molar-refractivity contribution < 1.29 is 4.74 Å². The molecule has 0 unspecified atom stereocenters. The van der Waals surface area contributed by atoms with Crippen LogP contribution in [0.5, 0.6) is 0 Å². The molecule has 2 aromatic rings. The third kappa shape index (κ3) is 3.76. The molecule has 8 heteroatoms. The summed E-state index contributed by atoms with van der Waals surface area (Å²) in [5.74, 6) is 0.776. The molecular weight excluding hydrogens is 450 g/mol. The molecule has 2 aromatic heterocycles. The monoisotopic (exact) mass is 491 g/mol. The second kappa shape index (κ2) is 8.84. The molecule has 0 spiro atoms. The standard InChI is InChI=1S/C28H41N7O/c1-19-13-25(22(14-29)26(30-3)31-19)34-12-5-24-23(15-34)20(2)32-35(24)18-27-6-9-28(10-7-27,11-8-27)33(4)21-16-36-17-21/h13-14,21,29H,5-12,15-18H2,1-4H3,(H,30,31). The zero-order valence-electron chi connectivity index (χ0n) is 22.4. The van der Waals surface area contributed by atoms with Crippen molar-refractivity contribution in [1.82, 2.24) is 19.7 Å². The average Bonchev–Trinajstić information content (AvgIpc) is 3.17. The summed E-state index contributed by atoms with van der Waals surface area (Å²) in [7, 11) is 4.22. The van der Waals surface area contributed by atoms with Crippen molar-refractivity contribution in [2.75, 3.05) is 44.1 Å². The Morgan fingerprint density at radius 3 is 2.53 bits per heavy atom. The van der Waals surface area contributed by atoms with Crippen LogP contribution in [0.4, 0.5) is 11.5 Å². The van der Waals surface area contributed by atoms with Crippen molar-refractivity contribution in [2.45, 2.75) is 83.5 Å². The Bertz CT molecular complexity index is 1140.